The molecule has 0 spiro atoms. The average Bonchev–Trinajstić information content (AvgIpc) is 2.35. The van der Waals surface area contributed by atoms with Crippen LogP contribution in [0.4, 0.5) is 0 Å². The summed E-state index contributed by atoms with van der Waals surface area (Å²) in [5, 5.41) is 2.98. The van der Waals surface area contributed by atoms with Gasteiger partial charge in [-0.25, -0.2) is 0 Å². The van der Waals surface area contributed by atoms with E-state index in [4.69, 9.17) is 5.73 Å². The summed E-state index contributed by atoms with van der Waals surface area (Å²) < 4.78 is 0. The molecule has 1 fully saturated rings. The van der Waals surface area contributed by atoms with Crippen molar-refractivity contribution >= 4 is 5.91 Å². The molecule has 0 aromatic heterocycles. The fourth-order valence-electron chi connectivity index (χ4n) is 2.33. The molecule has 0 atom stereocenters. The van der Waals surface area contributed by atoms with Gasteiger partial charge < -0.3 is 16.0 Å². The van der Waals surface area contributed by atoms with Gasteiger partial charge in [0, 0.05) is 19.5 Å². The van der Waals surface area contributed by atoms with E-state index in [2.05, 4.69) is 24.1 Å². The Morgan fingerprint density at radius 1 is 1.39 bits per heavy atom. The summed E-state index contributed by atoms with van der Waals surface area (Å²) in [4.78, 5) is 13.9. The van der Waals surface area contributed by atoms with E-state index < -0.39 is 0 Å². The highest BCUT2D eigenvalue weighted by molar-refractivity contribution is 5.75. The van der Waals surface area contributed by atoms with Gasteiger partial charge in [0.25, 0.3) is 0 Å². The van der Waals surface area contributed by atoms with Crippen molar-refractivity contribution in [3.8, 4) is 0 Å². The molecule has 18 heavy (non-hydrogen) atoms. The summed E-state index contributed by atoms with van der Waals surface area (Å²) in [6.07, 6.45) is 4.16. The molecule has 3 N–H and O–H groups in total. The number of nitrogens with one attached hydrogen (secondary N) is 1. The number of piperidine rings is 1. The van der Waals surface area contributed by atoms with Crippen LogP contribution < -0.4 is 11.1 Å². The summed E-state index contributed by atoms with van der Waals surface area (Å²) in [6, 6.07) is 0. The molecule has 1 aliphatic rings. The first-order valence-corrected chi connectivity index (χ1v) is 7.31. The van der Waals surface area contributed by atoms with E-state index in [-0.39, 0.29) is 5.91 Å². The monoisotopic (exact) mass is 255 g/mol. The Morgan fingerprint density at radius 2 is 2.06 bits per heavy atom. The molecular weight excluding hydrogens is 226 g/mol. The lowest BCUT2D eigenvalue weighted by Gasteiger charge is -2.32. The third-order valence-corrected chi connectivity index (χ3v) is 3.69. The number of nitrogens with zero attached hydrogens (tertiary/aromatic N) is 1. The molecule has 0 saturated carbocycles. The Labute approximate surface area is 111 Å². The molecule has 1 rings (SSSR count). The number of hydrogen-bond acceptors (Lipinski definition) is 3. The molecule has 106 valence electrons. The standard InChI is InChI=1S/C14H29N3O/c1-12(2)4-8-17-9-5-13(6-10-17)11-16-14(18)3-7-15/h12-13H,3-11,15H2,1-2H3,(H,16,18). The summed E-state index contributed by atoms with van der Waals surface area (Å²) >= 11 is 0. The van der Waals surface area contributed by atoms with Gasteiger partial charge in [-0.3, -0.25) is 4.79 Å². The molecule has 1 amide bonds. The van der Waals surface area contributed by atoms with Crippen LogP contribution in [0, 0.1) is 11.8 Å². The zero-order valence-corrected chi connectivity index (χ0v) is 12.0. The Kier molecular flexibility index (Phi) is 7.28. The van der Waals surface area contributed by atoms with E-state index in [0.717, 1.165) is 12.5 Å². The van der Waals surface area contributed by atoms with E-state index in [9.17, 15) is 4.79 Å². The quantitative estimate of drug-likeness (QED) is 0.719. The van der Waals surface area contributed by atoms with Gasteiger partial charge in [0.15, 0.2) is 0 Å². The van der Waals surface area contributed by atoms with Crippen LogP contribution in [0.3, 0.4) is 0 Å². The lowest BCUT2D eigenvalue weighted by atomic mass is 9.96. The number of hydrogen-bond donors (Lipinski definition) is 2. The van der Waals surface area contributed by atoms with Gasteiger partial charge in [-0.1, -0.05) is 13.8 Å². The molecule has 0 bridgehead atoms. The molecule has 0 unspecified atom stereocenters. The van der Waals surface area contributed by atoms with Crippen molar-refractivity contribution in [3.63, 3.8) is 0 Å². The Balaban J connectivity index is 2.09. The first-order valence-electron chi connectivity index (χ1n) is 7.31. The molecule has 1 heterocycles. The zero-order chi connectivity index (χ0) is 13.4. The second kappa shape index (κ2) is 8.48. The van der Waals surface area contributed by atoms with Gasteiger partial charge in [-0.05, 0) is 50.7 Å². The molecule has 0 aromatic rings. The third kappa shape index (κ3) is 6.36. The van der Waals surface area contributed by atoms with Gasteiger partial charge >= 0.3 is 0 Å². The van der Waals surface area contributed by atoms with Crippen LogP contribution in [-0.4, -0.2) is 43.5 Å². The molecule has 4 nitrogen and oxygen atoms in total. The van der Waals surface area contributed by atoms with Crippen LogP contribution in [-0.2, 0) is 4.79 Å². The SMILES string of the molecule is CC(C)CCN1CCC(CNC(=O)CCN)CC1. The molecule has 0 aliphatic carbocycles. The highest BCUT2D eigenvalue weighted by Gasteiger charge is 2.19. The lowest BCUT2D eigenvalue weighted by molar-refractivity contribution is -0.121. The Hall–Kier alpha value is -0.610. The van der Waals surface area contributed by atoms with E-state index in [1.165, 1.54) is 38.9 Å². The van der Waals surface area contributed by atoms with Crippen molar-refractivity contribution < 1.29 is 4.79 Å². The van der Waals surface area contributed by atoms with Crippen molar-refractivity contribution in [2.75, 3.05) is 32.7 Å². The van der Waals surface area contributed by atoms with Crippen LogP contribution in [0.1, 0.15) is 39.5 Å². The van der Waals surface area contributed by atoms with Gasteiger partial charge in [0.2, 0.25) is 5.91 Å². The summed E-state index contributed by atoms with van der Waals surface area (Å²) in [6.45, 7) is 9.42. The van der Waals surface area contributed by atoms with E-state index >= 15 is 0 Å². The molecule has 1 aliphatic heterocycles. The van der Waals surface area contributed by atoms with Crippen molar-refractivity contribution in [1.82, 2.24) is 10.2 Å². The van der Waals surface area contributed by atoms with E-state index in [1.54, 1.807) is 0 Å². The van der Waals surface area contributed by atoms with Gasteiger partial charge in [-0.2, -0.15) is 0 Å². The molecule has 1 saturated heterocycles. The largest absolute Gasteiger partial charge is 0.356 e. The number of carbonyl (C=O) groups excluding carboxylic acids is 1. The average molecular weight is 255 g/mol. The third-order valence-electron chi connectivity index (χ3n) is 3.69. The Bertz CT molecular complexity index is 235. The van der Waals surface area contributed by atoms with Crippen LogP contribution in [0.15, 0.2) is 0 Å². The maximum Gasteiger partial charge on any atom is 0.221 e. The molecule has 0 radical (unpaired) electrons. The van der Waals surface area contributed by atoms with Crippen molar-refractivity contribution in [3.05, 3.63) is 0 Å². The van der Waals surface area contributed by atoms with Crippen molar-refractivity contribution in [2.45, 2.75) is 39.5 Å². The highest BCUT2D eigenvalue weighted by Crippen LogP contribution is 2.17. The van der Waals surface area contributed by atoms with Crippen molar-refractivity contribution in [2.24, 2.45) is 17.6 Å². The van der Waals surface area contributed by atoms with Gasteiger partial charge in [0.05, 0.1) is 0 Å². The van der Waals surface area contributed by atoms with Crippen molar-refractivity contribution in [1.29, 1.82) is 0 Å². The maximum atomic E-state index is 11.3. The number of rotatable bonds is 7. The van der Waals surface area contributed by atoms with E-state index in [0.29, 0.717) is 18.9 Å². The summed E-state index contributed by atoms with van der Waals surface area (Å²) in [7, 11) is 0. The molecular formula is C14H29N3O. The normalized spacial score (nSPS) is 18.2. The first-order chi connectivity index (χ1) is 8.61. The Morgan fingerprint density at radius 3 is 2.61 bits per heavy atom. The van der Waals surface area contributed by atoms with Crippen LogP contribution >= 0.6 is 0 Å². The fourth-order valence-corrected chi connectivity index (χ4v) is 2.33. The smallest absolute Gasteiger partial charge is 0.221 e. The predicted octanol–water partition coefficient (Wildman–Crippen LogP) is 1.21. The summed E-state index contributed by atoms with van der Waals surface area (Å²) in [5.74, 6) is 1.54. The molecule has 4 heteroatoms. The minimum Gasteiger partial charge on any atom is -0.356 e. The second-order valence-electron chi connectivity index (χ2n) is 5.81. The zero-order valence-electron chi connectivity index (χ0n) is 12.0. The van der Waals surface area contributed by atoms with Crippen LogP contribution in [0.25, 0.3) is 0 Å². The maximum absolute atomic E-state index is 11.3. The number of amides is 1. The summed E-state index contributed by atoms with van der Waals surface area (Å²) in [5.41, 5.74) is 5.35. The second-order valence-corrected chi connectivity index (χ2v) is 5.81. The minimum absolute atomic E-state index is 0.0970. The number of nitrogens with two attached hydrogens (primary N) is 1. The lowest BCUT2D eigenvalue weighted by Crippen LogP contribution is -2.39. The number of carbonyl (C=O) groups is 1. The van der Waals surface area contributed by atoms with Gasteiger partial charge in [0.1, 0.15) is 0 Å². The van der Waals surface area contributed by atoms with E-state index in [1.807, 2.05) is 0 Å². The fraction of sp³-hybridized carbons (Fsp3) is 0.929. The number of likely N-dealkylation sites (tertiary alicyclic amines) is 1. The highest BCUT2D eigenvalue weighted by atomic mass is 16.1. The predicted molar refractivity (Wildman–Crippen MR) is 75.3 cm³/mol. The minimum atomic E-state index is 0.0970. The van der Waals surface area contributed by atoms with Crippen LogP contribution in [0.5, 0.6) is 0 Å². The van der Waals surface area contributed by atoms with Gasteiger partial charge in [-0.15, -0.1) is 0 Å². The van der Waals surface area contributed by atoms with Crippen LogP contribution in [0.2, 0.25) is 0 Å². The molecule has 0 aromatic carbocycles. The first kappa shape index (κ1) is 15.4. The topological polar surface area (TPSA) is 58.4 Å².